The summed E-state index contributed by atoms with van der Waals surface area (Å²) in [5, 5.41) is 0. The van der Waals surface area contributed by atoms with E-state index in [-0.39, 0.29) is 35.2 Å². The van der Waals surface area contributed by atoms with Crippen LogP contribution in [0.2, 0.25) is 0 Å². The normalized spacial score (nSPS) is 20.5. The van der Waals surface area contributed by atoms with E-state index < -0.39 is 10.0 Å². The second kappa shape index (κ2) is 8.11. The highest BCUT2D eigenvalue weighted by Gasteiger charge is 2.35. The molecule has 0 radical (unpaired) electrons. The number of nitrogens with zero attached hydrogens (tertiary/aromatic N) is 1. The maximum Gasteiger partial charge on any atom is 0.253 e. The molecule has 1 fully saturated rings. The van der Waals surface area contributed by atoms with E-state index in [1.165, 1.54) is 18.2 Å². The van der Waals surface area contributed by atoms with Crippen LogP contribution >= 0.6 is 12.4 Å². The van der Waals surface area contributed by atoms with Crippen molar-refractivity contribution < 1.29 is 13.2 Å². The van der Waals surface area contributed by atoms with Crippen molar-refractivity contribution in [2.24, 2.45) is 11.1 Å². The maximum absolute atomic E-state index is 12.6. The molecule has 8 heteroatoms. The Morgan fingerprint density at radius 3 is 2.79 bits per heavy atom. The Morgan fingerprint density at radius 2 is 2.21 bits per heavy atom. The monoisotopic (exact) mass is 373 g/mol. The Bertz CT molecular complexity index is 708. The largest absolute Gasteiger partial charge is 0.338 e. The third-order valence-electron chi connectivity index (χ3n) is 4.15. The lowest BCUT2D eigenvalue weighted by atomic mass is 9.90. The fourth-order valence-corrected chi connectivity index (χ4v) is 3.64. The number of sulfonamides is 1. The van der Waals surface area contributed by atoms with Crippen LogP contribution in [0.25, 0.3) is 0 Å². The average Bonchev–Trinajstić information content (AvgIpc) is 2.95. The van der Waals surface area contributed by atoms with Crippen LogP contribution in [0.15, 0.2) is 41.8 Å². The summed E-state index contributed by atoms with van der Waals surface area (Å²) in [5.74, 6) is -0.164. The number of carbonyl (C=O) groups is 1. The summed E-state index contributed by atoms with van der Waals surface area (Å²) in [6, 6.07) is 6.09. The SMILES string of the molecule is C=CCNS(=O)(=O)c1cccc(C(=O)N2CCC(C)(CN)C2)c1.Cl. The Balaban J connectivity index is 0.00000288. The molecule has 0 aliphatic carbocycles. The number of rotatable bonds is 6. The first-order valence-corrected chi connectivity index (χ1v) is 9.00. The van der Waals surface area contributed by atoms with Gasteiger partial charge in [0.1, 0.15) is 0 Å². The smallest absolute Gasteiger partial charge is 0.253 e. The fourth-order valence-electron chi connectivity index (χ4n) is 2.59. The van der Waals surface area contributed by atoms with Gasteiger partial charge in [0.25, 0.3) is 5.91 Å². The van der Waals surface area contributed by atoms with Crippen LogP contribution in [0.5, 0.6) is 0 Å². The number of nitrogens with one attached hydrogen (secondary N) is 1. The molecule has 1 saturated heterocycles. The lowest BCUT2D eigenvalue weighted by molar-refractivity contribution is 0.0776. The topological polar surface area (TPSA) is 92.5 Å². The number of benzene rings is 1. The Kier molecular flexibility index (Phi) is 6.97. The van der Waals surface area contributed by atoms with Crippen LogP contribution in [0.3, 0.4) is 0 Å². The van der Waals surface area contributed by atoms with E-state index in [2.05, 4.69) is 18.2 Å². The minimum Gasteiger partial charge on any atom is -0.338 e. The molecule has 6 nitrogen and oxygen atoms in total. The van der Waals surface area contributed by atoms with Gasteiger partial charge in [-0.3, -0.25) is 4.79 Å². The number of likely N-dealkylation sites (tertiary alicyclic amines) is 1. The molecule has 1 aromatic carbocycles. The highest BCUT2D eigenvalue weighted by Crippen LogP contribution is 2.29. The Morgan fingerprint density at radius 1 is 1.50 bits per heavy atom. The first-order chi connectivity index (χ1) is 10.8. The van der Waals surface area contributed by atoms with Gasteiger partial charge in [0.15, 0.2) is 0 Å². The van der Waals surface area contributed by atoms with Crippen molar-refractivity contribution in [3.8, 4) is 0 Å². The number of nitrogens with two attached hydrogens (primary N) is 1. The molecule has 1 unspecified atom stereocenters. The first kappa shape index (κ1) is 20.6. The number of amides is 1. The zero-order valence-electron chi connectivity index (χ0n) is 13.7. The molecule has 0 bridgehead atoms. The van der Waals surface area contributed by atoms with Crippen molar-refractivity contribution in [1.29, 1.82) is 0 Å². The predicted octanol–water partition coefficient (Wildman–Crippen LogP) is 1.38. The van der Waals surface area contributed by atoms with Gasteiger partial charge in [-0.25, -0.2) is 13.1 Å². The Hall–Kier alpha value is -1.41. The molecule has 1 aromatic rings. The van der Waals surface area contributed by atoms with E-state index in [4.69, 9.17) is 5.73 Å². The second-order valence-corrected chi connectivity index (χ2v) is 7.93. The minimum atomic E-state index is -3.64. The van der Waals surface area contributed by atoms with Crippen molar-refractivity contribution in [1.82, 2.24) is 9.62 Å². The molecule has 1 atom stereocenters. The molecule has 0 saturated carbocycles. The summed E-state index contributed by atoms with van der Waals surface area (Å²) in [7, 11) is -3.64. The van der Waals surface area contributed by atoms with Crippen molar-refractivity contribution in [3.63, 3.8) is 0 Å². The van der Waals surface area contributed by atoms with Gasteiger partial charge in [-0.15, -0.1) is 19.0 Å². The van der Waals surface area contributed by atoms with Crippen molar-refractivity contribution in [3.05, 3.63) is 42.5 Å². The predicted molar refractivity (Wildman–Crippen MR) is 96.8 cm³/mol. The molecule has 2 rings (SSSR count). The molecule has 1 heterocycles. The summed E-state index contributed by atoms with van der Waals surface area (Å²) in [6.45, 7) is 7.43. The molecule has 3 N–H and O–H groups in total. The van der Waals surface area contributed by atoms with E-state index in [0.29, 0.717) is 25.2 Å². The van der Waals surface area contributed by atoms with Gasteiger partial charge in [0, 0.05) is 25.2 Å². The number of hydrogen-bond acceptors (Lipinski definition) is 4. The molecule has 1 amide bonds. The van der Waals surface area contributed by atoms with Crippen LogP contribution in [0.1, 0.15) is 23.7 Å². The number of halogens is 1. The molecule has 0 aromatic heterocycles. The first-order valence-electron chi connectivity index (χ1n) is 7.51. The lowest BCUT2D eigenvalue weighted by Gasteiger charge is -2.22. The van der Waals surface area contributed by atoms with E-state index in [1.807, 2.05) is 0 Å². The average molecular weight is 374 g/mol. The molecule has 1 aliphatic heterocycles. The highest BCUT2D eigenvalue weighted by atomic mass is 35.5. The quantitative estimate of drug-likeness (QED) is 0.737. The van der Waals surface area contributed by atoms with Gasteiger partial charge < -0.3 is 10.6 Å². The summed E-state index contributed by atoms with van der Waals surface area (Å²) in [6.07, 6.45) is 2.32. The number of carbonyl (C=O) groups excluding carboxylic acids is 1. The lowest BCUT2D eigenvalue weighted by Crippen LogP contribution is -2.34. The zero-order valence-corrected chi connectivity index (χ0v) is 15.3. The summed E-state index contributed by atoms with van der Waals surface area (Å²) in [5.41, 5.74) is 6.07. The van der Waals surface area contributed by atoms with Crippen molar-refractivity contribution >= 4 is 28.3 Å². The molecule has 0 spiro atoms. The van der Waals surface area contributed by atoms with Gasteiger partial charge in [-0.1, -0.05) is 19.1 Å². The van der Waals surface area contributed by atoms with Crippen molar-refractivity contribution in [2.45, 2.75) is 18.2 Å². The van der Waals surface area contributed by atoms with Crippen LogP contribution in [0, 0.1) is 5.41 Å². The molecular weight excluding hydrogens is 350 g/mol. The number of hydrogen-bond donors (Lipinski definition) is 2. The summed E-state index contributed by atoms with van der Waals surface area (Å²) in [4.78, 5) is 14.4. The van der Waals surface area contributed by atoms with Crippen LogP contribution in [-0.2, 0) is 10.0 Å². The van der Waals surface area contributed by atoms with E-state index in [1.54, 1.807) is 17.0 Å². The molecular formula is C16H24ClN3O3S. The third kappa shape index (κ3) is 4.57. The fraction of sp³-hybridized carbons (Fsp3) is 0.438. The van der Waals surface area contributed by atoms with E-state index in [9.17, 15) is 13.2 Å². The van der Waals surface area contributed by atoms with Gasteiger partial charge >= 0.3 is 0 Å². The van der Waals surface area contributed by atoms with E-state index in [0.717, 1.165) is 6.42 Å². The van der Waals surface area contributed by atoms with Crippen LogP contribution in [0.4, 0.5) is 0 Å². The second-order valence-electron chi connectivity index (χ2n) is 6.16. The van der Waals surface area contributed by atoms with Crippen LogP contribution in [-0.4, -0.2) is 45.4 Å². The maximum atomic E-state index is 12.6. The summed E-state index contributed by atoms with van der Waals surface area (Å²) >= 11 is 0. The molecule has 134 valence electrons. The summed E-state index contributed by atoms with van der Waals surface area (Å²) < 4.78 is 26.7. The van der Waals surface area contributed by atoms with Gasteiger partial charge in [0.2, 0.25) is 10.0 Å². The van der Waals surface area contributed by atoms with Gasteiger partial charge in [-0.05, 0) is 36.6 Å². The standard InChI is InChI=1S/C16H23N3O3S.ClH/c1-3-8-18-23(21,22)14-6-4-5-13(10-14)15(20)19-9-7-16(2,11-17)12-19;/h3-6,10,18H,1,7-9,11-12,17H2,2H3;1H. The van der Waals surface area contributed by atoms with Crippen LogP contribution < -0.4 is 10.5 Å². The van der Waals surface area contributed by atoms with Crippen molar-refractivity contribution in [2.75, 3.05) is 26.2 Å². The van der Waals surface area contributed by atoms with Gasteiger partial charge in [-0.2, -0.15) is 0 Å². The third-order valence-corrected chi connectivity index (χ3v) is 5.57. The zero-order chi connectivity index (χ0) is 17.1. The highest BCUT2D eigenvalue weighted by molar-refractivity contribution is 7.89. The molecule has 1 aliphatic rings. The minimum absolute atomic E-state index is 0. The molecule has 24 heavy (non-hydrogen) atoms. The van der Waals surface area contributed by atoms with Gasteiger partial charge in [0.05, 0.1) is 4.90 Å². The van der Waals surface area contributed by atoms with E-state index >= 15 is 0 Å². The Labute approximate surface area is 149 Å².